The Hall–Kier alpha value is -7.45. The predicted octanol–water partition coefficient (Wildman–Crippen LogP) is 6.76. The normalized spacial score (nSPS) is 12.0. The van der Waals surface area contributed by atoms with Gasteiger partial charge < -0.3 is 24.3 Å². The topological polar surface area (TPSA) is 175 Å². The molecule has 0 saturated carbocycles. The van der Waals surface area contributed by atoms with Crippen molar-refractivity contribution in [1.82, 2.24) is 19.9 Å². The van der Waals surface area contributed by atoms with Crippen molar-refractivity contribution >= 4 is 34.8 Å². The first-order chi connectivity index (χ1) is 28.2. The number of rotatable bonds is 14. The number of hydrogen-bond acceptors (Lipinski definition) is 10. The third-order valence-corrected chi connectivity index (χ3v) is 9.03. The molecule has 2 aromatic heterocycles. The van der Waals surface area contributed by atoms with Crippen LogP contribution in [0.2, 0.25) is 0 Å². The summed E-state index contributed by atoms with van der Waals surface area (Å²) < 4.78 is 31.5. The number of amides is 2. The van der Waals surface area contributed by atoms with E-state index in [0.29, 0.717) is 5.56 Å². The van der Waals surface area contributed by atoms with Crippen molar-refractivity contribution in [1.29, 1.82) is 0 Å². The first-order valence-corrected chi connectivity index (χ1v) is 18.2. The molecule has 2 atom stereocenters. The van der Waals surface area contributed by atoms with Crippen molar-refractivity contribution in [3.05, 3.63) is 184 Å². The van der Waals surface area contributed by atoms with E-state index in [1.807, 2.05) is 66.7 Å². The highest BCUT2D eigenvalue weighted by Crippen LogP contribution is 2.26. The number of carbonyl (C=O) groups is 3. The van der Waals surface area contributed by atoms with Crippen molar-refractivity contribution in [2.24, 2.45) is 0 Å². The molecular formula is C44H36FN5O8. The van der Waals surface area contributed by atoms with Gasteiger partial charge in [0, 0.05) is 5.56 Å². The third-order valence-electron chi connectivity index (χ3n) is 9.03. The Kier molecular flexibility index (Phi) is 12.0. The highest BCUT2D eigenvalue weighted by atomic mass is 19.1. The molecule has 13 nitrogen and oxygen atoms in total. The maximum Gasteiger partial charge on any atom is 0.412 e. The summed E-state index contributed by atoms with van der Waals surface area (Å²) in [6, 6.07) is 35.9. The lowest BCUT2D eigenvalue weighted by Gasteiger charge is -2.23. The number of aliphatic hydroxyl groups excluding tert-OH is 1. The number of nitrogens with one attached hydrogen (secondary N) is 2. The Bertz CT molecular complexity index is 2580. The number of hydrogen-bond donors (Lipinski definition) is 3. The number of anilines is 1. The summed E-state index contributed by atoms with van der Waals surface area (Å²) in [6.45, 7) is -0.595. The molecule has 7 rings (SSSR count). The largest absolute Gasteiger partial charge is 0.457 e. The monoisotopic (exact) mass is 781 g/mol. The summed E-state index contributed by atoms with van der Waals surface area (Å²) in [6.07, 6.45) is -1.17. The first-order valence-electron chi connectivity index (χ1n) is 18.2. The minimum Gasteiger partial charge on any atom is -0.457 e. The van der Waals surface area contributed by atoms with Gasteiger partial charge in [-0.15, -0.1) is 0 Å². The molecule has 0 spiro atoms. The van der Waals surface area contributed by atoms with E-state index in [0.717, 1.165) is 27.5 Å². The van der Waals surface area contributed by atoms with E-state index in [1.165, 1.54) is 42.5 Å². The maximum atomic E-state index is 13.9. The zero-order valence-corrected chi connectivity index (χ0v) is 30.8. The molecule has 2 amide bonds. The van der Waals surface area contributed by atoms with Gasteiger partial charge in [0.05, 0.1) is 17.8 Å². The van der Waals surface area contributed by atoms with Crippen LogP contribution < -0.4 is 16.2 Å². The molecule has 0 bridgehead atoms. The smallest absolute Gasteiger partial charge is 0.412 e. The number of halogens is 1. The fourth-order valence-electron chi connectivity index (χ4n) is 6.11. The SMILES string of the molecule is O=C(Cn1c(-c2ccc(F)cc2)ncc(NC(=O)OCc2ccccc2)c1=O)NC(Cc1ccccc1)C(O)c1nc2cc(C(=O)OCc3ccccc3)ccc2o1. The predicted molar refractivity (Wildman–Crippen MR) is 211 cm³/mol. The van der Waals surface area contributed by atoms with Crippen molar-refractivity contribution in [3.8, 4) is 11.4 Å². The highest BCUT2D eigenvalue weighted by molar-refractivity contribution is 5.93. The standard InChI is InChI=1S/C44H36FN5O8/c45-33-19-16-31(17-20-33)40-46-24-36(49-44(55)57-27-30-14-8-3-9-15-30)42(53)50(40)25-38(51)47-35(22-28-10-4-1-5-11-28)39(52)41-48-34-23-32(18-21-37(34)58-41)43(54)56-26-29-12-6-2-7-13-29/h1-21,23-24,35,39,52H,22,25-27H2,(H,47,51)(H,49,55). The maximum absolute atomic E-state index is 13.9. The Balaban J connectivity index is 1.12. The van der Waals surface area contributed by atoms with Gasteiger partial charge in [-0.25, -0.2) is 23.9 Å². The van der Waals surface area contributed by atoms with E-state index in [-0.39, 0.29) is 53.7 Å². The molecule has 58 heavy (non-hydrogen) atoms. The molecular weight excluding hydrogens is 746 g/mol. The molecule has 0 aliphatic heterocycles. The van der Waals surface area contributed by atoms with Gasteiger partial charge in [-0.1, -0.05) is 91.0 Å². The van der Waals surface area contributed by atoms with Crippen LogP contribution in [0.5, 0.6) is 0 Å². The van der Waals surface area contributed by atoms with E-state index in [1.54, 1.807) is 24.3 Å². The number of aromatic nitrogens is 3. The molecule has 2 heterocycles. The highest BCUT2D eigenvalue weighted by Gasteiger charge is 2.29. The number of esters is 1. The molecule has 0 fully saturated rings. The van der Waals surface area contributed by atoms with Crippen LogP contribution in [0.3, 0.4) is 0 Å². The molecule has 0 aliphatic rings. The summed E-state index contributed by atoms with van der Waals surface area (Å²) in [5, 5.41) is 16.9. The summed E-state index contributed by atoms with van der Waals surface area (Å²) >= 11 is 0. The van der Waals surface area contributed by atoms with Gasteiger partial charge >= 0.3 is 12.1 Å². The van der Waals surface area contributed by atoms with Gasteiger partial charge in [-0.3, -0.25) is 19.5 Å². The van der Waals surface area contributed by atoms with Gasteiger partial charge in [0.1, 0.15) is 42.6 Å². The summed E-state index contributed by atoms with van der Waals surface area (Å²) in [7, 11) is 0. The van der Waals surface area contributed by atoms with E-state index in [2.05, 4.69) is 20.6 Å². The molecule has 7 aromatic rings. The average molecular weight is 782 g/mol. The molecule has 0 saturated heterocycles. The second-order valence-corrected chi connectivity index (χ2v) is 13.2. The average Bonchev–Trinajstić information content (AvgIpc) is 3.68. The van der Waals surface area contributed by atoms with Crippen molar-refractivity contribution in [2.75, 3.05) is 5.32 Å². The molecule has 0 aliphatic carbocycles. The van der Waals surface area contributed by atoms with E-state index in [4.69, 9.17) is 13.9 Å². The molecule has 2 unspecified atom stereocenters. The van der Waals surface area contributed by atoms with Crippen LogP contribution >= 0.6 is 0 Å². The third kappa shape index (κ3) is 9.67. The van der Waals surface area contributed by atoms with Crippen LogP contribution in [-0.4, -0.2) is 43.7 Å². The van der Waals surface area contributed by atoms with Crippen molar-refractivity contribution in [2.45, 2.75) is 38.3 Å². The number of benzene rings is 5. The number of oxazole rings is 1. The fraction of sp³-hybridized carbons (Fsp3) is 0.136. The number of ether oxygens (including phenoxy) is 2. The van der Waals surface area contributed by atoms with Crippen molar-refractivity contribution in [3.63, 3.8) is 0 Å². The molecule has 3 N–H and O–H groups in total. The lowest BCUT2D eigenvalue weighted by Crippen LogP contribution is -2.44. The minimum atomic E-state index is -1.50. The Morgan fingerprint density at radius 3 is 2.07 bits per heavy atom. The van der Waals surface area contributed by atoms with Gasteiger partial charge in [0.25, 0.3) is 5.56 Å². The second kappa shape index (κ2) is 18.0. The van der Waals surface area contributed by atoms with Crippen LogP contribution in [0, 0.1) is 5.82 Å². The van der Waals surface area contributed by atoms with Crippen LogP contribution in [0.4, 0.5) is 14.9 Å². The van der Waals surface area contributed by atoms with Crippen LogP contribution in [-0.2, 0) is 40.4 Å². The quantitative estimate of drug-likeness (QED) is 0.100. The first kappa shape index (κ1) is 38.8. The summed E-state index contributed by atoms with van der Waals surface area (Å²) in [5.41, 5.74) is 2.36. The number of nitrogens with zero attached hydrogens (tertiary/aromatic N) is 3. The number of carbonyl (C=O) groups excluding carboxylic acids is 3. The number of fused-ring (bicyclic) bond motifs is 1. The van der Waals surface area contributed by atoms with Gasteiger partial charge in [0.15, 0.2) is 11.7 Å². The van der Waals surface area contributed by atoms with Crippen LogP contribution in [0.25, 0.3) is 22.5 Å². The Labute approximate surface area is 330 Å². The zero-order chi connectivity index (χ0) is 40.4. The number of aliphatic hydroxyl groups is 1. The lowest BCUT2D eigenvalue weighted by molar-refractivity contribution is -0.123. The fourth-order valence-corrected chi connectivity index (χ4v) is 6.11. The van der Waals surface area contributed by atoms with E-state index in [9.17, 15) is 28.7 Å². The lowest BCUT2D eigenvalue weighted by atomic mass is 10.0. The Morgan fingerprint density at radius 1 is 0.793 bits per heavy atom. The van der Waals surface area contributed by atoms with E-state index >= 15 is 0 Å². The molecule has 14 heteroatoms. The van der Waals surface area contributed by atoms with E-state index < -0.39 is 48.0 Å². The minimum absolute atomic E-state index is 0.0144. The summed E-state index contributed by atoms with van der Waals surface area (Å²) in [4.78, 5) is 62.1. The van der Waals surface area contributed by atoms with Gasteiger partial charge in [0.2, 0.25) is 11.8 Å². The van der Waals surface area contributed by atoms with Crippen LogP contribution in [0.15, 0.2) is 149 Å². The molecule has 5 aromatic carbocycles. The second-order valence-electron chi connectivity index (χ2n) is 13.2. The summed E-state index contributed by atoms with van der Waals surface area (Å²) in [5.74, 6) is -1.92. The zero-order valence-electron chi connectivity index (χ0n) is 30.8. The Morgan fingerprint density at radius 2 is 1.41 bits per heavy atom. The van der Waals surface area contributed by atoms with Gasteiger partial charge in [-0.05, 0) is 65.6 Å². The van der Waals surface area contributed by atoms with Crippen molar-refractivity contribution < 1.29 is 37.8 Å². The van der Waals surface area contributed by atoms with Gasteiger partial charge in [-0.2, -0.15) is 0 Å². The molecule has 0 radical (unpaired) electrons. The van der Waals surface area contributed by atoms with Crippen LogP contribution in [0.1, 0.15) is 39.0 Å². The molecule has 292 valence electrons.